The molecule has 4 rings (SSSR count). The van der Waals surface area contributed by atoms with Crippen LogP contribution in [0.2, 0.25) is 10.0 Å². The summed E-state index contributed by atoms with van der Waals surface area (Å²) in [6, 6.07) is 7.57. The van der Waals surface area contributed by atoms with Gasteiger partial charge in [-0.1, -0.05) is 36.2 Å². The average molecular weight is 421 g/mol. The molecule has 1 fully saturated rings. The SMILES string of the molecule is Cc1cc2c(o1)CCN(C(=O)Cc1ccc(Cl)c(Cl)c1)C2CN1CCC(C)C1. The number of nitrogens with zero attached hydrogens (tertiary/aromatic N) is 2. The van der Waals surface area contributed by atoms with E-state index in [4.69, 9.17) is 27.6 Å². The van der Waals surface area contributed by atoms with E-state index in [0.29, 0.717) is 23.0 Å². The molecule has 0 saturated carbocycles. The molecular formula is C22H26Cl2N2O2. The van der Waals surface area contributed by atoms with Gasteiger partial charge < -0.3 is 14.2 Å². The van der Waals surface area contributed by atoms with E-state index in [2.05, 4.69) is 17.9 Å². The van der Waals surface area contributed by atoms with Crippen LogP contribution in [0, 0.1) is 12.8 Å². The van der Waals surface area contributed by atoms with Gasteiger partial charge in [-0.05, 0) is 49.6 Å². The number of carbonyl (C=O) groups excluding carboxylic acids is 1. The molecule has 0 spiro atoms. The summed E-state index contributed by atoms with van der Waals surface area (Å²) in [5, 5.41) is 0.997. The fraction of sp³-hybridized carbons (Fsp3) is 0.500. The summed E-state index contributed by atoms with van der Waals surface area (Å²) in [4.78, 5) is 17.7. The minimum absolute atomic E-state index is 0.0433. The molecule has 2 unspecified atom stereocenters. The van der Waals surface area contributed by atoms with Crippen LogP contribution < -0.4 is 0 Å². The van der Waals surface area contributed by atoms with Crippen LogP contribution in [0.4, 0.5) is 0 Å². The number of likely N-dealkylation sites (tertiary alicyclic amines) is 1. The molecule has 2 aliphatic heterocycles. The molecule has 2 aromatic rings. The largest absolute Gasteiger partial charge is 0.466 e. The van der Waals surface area contributed by atoms with E-state index >= 15 is 0 Å². The number of rotatable bonds is 4. The van der Waals surface area contributed by atoms with E-state index in [-0.39, 0.29) is 11.9 Å². The van der Waals surface area contributed by atoms with Crippen molar-refractivity contribution in [2.24, 2.45) is 5.92 Å². The maximum atomic E-state index is 13.2. The summed E-state index contributed by atoms with van der Waals surface area (Å²) < 4.78 is 5.91. The third-order valence-electron chi connectivity index (χ3n) is 5.88. The molecule has 0 radical (unpaired) electrons. The second kappa shape index (κ2) is 8.10. The number of carbonyl (C=O) groups is 1. The topological polar surface area (TPSA) is 36.7 Å². The van der Waals surface area contributed by atoms with Gasteiger partial charge in [-0.25, -0.2) is 0 Å². The predicted octanol–water partition coefficient (Wildman–Crippen LogP) is 4.91. The minimum atomic E-state index is 0.0433. The Hall–Kier alpha value is -1.49. The van der Waals surface area contributed by atoms with E-state index in [1.54, 1.807) is 12.1 Å². The van der Waals surface area contributed by atoms with Crippen LogP contribution in [0.25, 0.3) is 0 Å². The monoisotopic (exact) mass is 420 g/mol. The van der Waals surface area contributed by atoms with E-state index in [0.717, 1.165) is 49.1 Å². The van der Waals surface area contributed by atoms with Crippen molar-refractivity contribution in [3.8, 4) is 0 Å². The maximum absolute atomic E-state index is 13.2. The Morgan fingerprint density at radius 3 is 2.75 bits per heavy atom. The quantitative estimate of drug-likeness (QED) is 0.704. The Bertz CT molecular complexity index is 879. The molecule has 28 heavy (non-hydrogen) atoms. The summed E-state index contributed by atoms with van der Waals surface area (Å²) in [6.45, 7) is 8.02. The van der Waals surface area contributed by atoms with Gasteiger partial charge >= 0.3 is 0 Å². The Kier molecular flexibility index (Phi) is 5.73. The first-order chi connectivity index (χ1) is 13.4. The van der Waals surface area contributed by atoms with Crippen LogP contribution >= 0.6 is 23.2 Å². The lowest BCUT2D eigenvalue weighted by molar-refractivity contribution is -0.133. The first-order valence-electron chi connectivity index (χ1n) is 9.95. The zero-order chi connectivity index (χ0) is 19.8. The molecule has 0 bridgehead atoms. The second-order valence-corrected chi connectivity index (χ2v) is 8.98. The van der Waals surface area contributed by atoms with Gasteiger partial charge in [0.2, 0.25) is 5.91 Å². The number of halogens is 2. The van der Waals surface area contributed by atoms with Gasteiger partial charge in [-0.3, -0.25) is 4.79 Å². The van der Waals surface area contributed by atoms with Crippen LogP contribution in [0.3, 0.4) is 0 Å². The standard InChI is InChI=1S/C22H26Cl2N2O2/c1-14-5-7-25(12-14)13-20-17-9-15(2)28-21(17)6-8-26(20)22(27)11-16-3-4-18(23)19(24)10-16/h3-4,9-10,14,20H,5-8,11-13H2,1-2H3. The lowest BCUT2D eigenvalue weighted by Gasteiger charge is -2.37. The summed E-state index contributed by atoms with van der Waals surface area (Å²) in [5.74, 6) is 2.80. The lowest BCUT2D eigenvalue weighted by atomic mass is 9.97. The Morgan fingerprint density at radius 1 is 1.21 bits per heavy atom. The van der Waals surface area contributed by atoms with Crippen LogP contribution in [-0.4, -0.2) is 41.9 Å². The fourth-order valence-electron chi connectivity index (χ4n) is 4.46. The number of furan rings is 1. The molecular weight excluding hydrogens is 395 g/mol. The van der Waals surface area contributed by atoms with E-state index in [1.165, 1.54) is 12.0 Å². The van der Waals surface area contributed by atoms with Crippen LogP contribution in [-0.2, 0) is 17.6 Å². The van der Waals surface area contributed by atoms with Gasteiger partial charge in [0, 0.05) is 31.6 Å². The number of hydrogen-bond acceptors (Lipinski definition) is 3. The summed E-state index contributed by atoms with van der Waals surface area (Å²) in [7, 11) is 0. The van der Waals surface area contributed by atoms with Crippen molar-refractivity contribution in [3.05, 3.63) is 57.0 Å². The highest BCUT2D eigenvalue weighted by Gasteiger charge is 2.35. The first kappa shape index (κ1) is 19.8. The molecule has 4 nitrogen and oxygen atoms in total. The first-order valence-corrected chi connectivity index (χ1v) is 10.7. The Morgan fingerprint density at radius 2 is 2.04 bits per heavy atom. The van der Waals surface area contributed by atoms with Crippen LogP contribution in [0.1, 0.15) is 42.0 Å². The van der Waals surface area contributed by atoms with Gasteiger partial charge in [0.1, 0.15) is 11.5 Å². The van der Waals surface area contributed by atoms with Crippen molar-refractivity contribution in [3.63, 3.8) is 0 Å². The second-order valence-electron chi connectivity index (χ2n) is 8.17. The Balaban J connectivity index is 1.56. The summed E-state index contributed by atoms with van der Waals surface area (Å²) >= 11 is 12.1. The molecule has 1 aromatic heterocycles. The highest BCUT2D eigenvalue weighted by atomic mass is 35.5. The molecule has 0 N–H and O–H groups in total. The van der Waals surface area contributed by atoms with Crippen molar-refractivity contribution in [1.29, 1.82) is 0 Å². The third-order valence-corrected chi connectivity index (χ3v) is 6.62. The van der Waals surface area contributed by atoms with Crippen LogP contribution in [0.15, 0.2) is 28.7 Å². The minimum Gasteiger partial charge on any atom is -0.466 e. The molecule has 1 saturated heterocycles. The van der Waals surface area contributed by atoms with Gasteiger partial charge in [0.05, 0.1) is 22.5 Å². The molecule has 1 aromatic carbocycles. The molecule has 150 valence electrons. The van der Waals surface area contributed by atoms with Gasteiger partial charge in [0.25, 0.3) is 0 Å². The zero-order valence-electron chi connectivity index (χ0n) is 16.4. The zero-order valence-corrected chi connectivity index (χ0v) is 17.9. The number of fused-ring (bicyclic) bond motifs is 1. The number of benzene rings is 1. The van der Waals surface area contributed by atoms with Gasteiger partial charge in [-0.15, -0.1) is 0 Å². The number of aryl methyl sites for hydroxylation is 1. The highest BCUT2D eigenvalue weighted by Crippen LogP contribution is 2.34. The van der Waals surface area contributed by atoms with E-state index < -0.39 is 0 Å². The predicted molar refractivity (Wildman–Crippen MR) is 112 cm³/mol. The van der Waals surface area contributed by atoms with Crippen molar-refractivity contribution in [2.45, 2.75) is 39.2 Å². The smallest absolute Gasteiger partial charge is 0.227 e. The summed E-state index contributed by atoms with van der Waals surface area (Å²) in [5.41, 5.74) is 2.06. The normalized spacial score (nSPS) is 22.5. The molecule has 2 atom stereocenters. The molecule has 1 amide bonds. The fourth-order valence-corrected chi connectivity index (χ4v) is 4.78. The van der Waals surface area contributed by atoms with Crippen molar-refractivity contribution in [2.75, 3.05) is 26.2 Å². The lowest BCUT2D eigenvalue weighted by Crippen LogP contribution is -2.45. The molecule has 3 heterocycles. The highest BCUT2D eigenvalue weighted by molar-refractivity contribution is 6.42. The molecule has 6 heteroatoms. The third kappa shape index (κ3) is 4.10. The summed E-state index contributed by atoms with van der Waals surface area (Å²) in [6.07, 6.45) is 2.32. The molecule has 0 aliphatic carbocycles. The van der Waals surface area contributed by atoms with E-state index in [9.17, 15) is 4.79 Å². The molecule has 2 aliphatic rings. The average Bonchev–Trinajstić information content (AvgIpc) is 3.23. The number of hydrogen-bond donors (Lipinski definition) is 0. The van der Waals surface area contributed by atoms with E-state index in [1.807, 2.05) is 17.9 Å². The van der Waals surface area contributed by atoms with Crippen molar-refractivity contribution < 1.29 is 9.21 Å². The van der Waals surface area contributed by atoms with Gasteiger partial charge in [-0.2, -0.15) is 0 Å². The number of amides is 1. The maximum Gasteiger partial charge on any atom is 0.227 e. The van der Waals surface area contributed by atoms with Crippen molar-refractivity contribution >= 4 is 29.1 Å². The van der Waals surface area contributed by atoms with Crippen LogP contribution in [0.5, 0.6) is 0 Å². The van der Waals surface area contributed by atoms with Crippen molar-refractivity contribution in [1.82, 2.24) is 9.80 Å². The Labute approximate surface area is 176 Å². The van der Waals surface area contributed by atoms with Gasteiger partial charge in [0.15, 0.2) is 0 Å².